The Balaban J connectivity index is 2.06. The minimum atomic E-state index is -0.127. The van der Waals surface area contributed by atoms with Gasteiger partial charge in [0, 0.05) is 19.2 Å². The van der Waals surface area contributed by atoms with Crippen LogP contribution in [0.1, 0.15) is 48.1 Å². The molecule has 148 valence electrons. The van der Waals surface area contributed by atoms with E-state index in [9.17, 15) is 4.79 Å². The Morgan fingerprint density at radius 1 is 1.14 bits per heavy atom. The van der Waals surface area contributed by atoms with E-state index in [2.05, 4.69) is 24.5 Å². The summed E-state index contributed by atoms with van der Waals surface area (Å²) >= 11 is 0. The summed E-state index contributed by atoms with van der Waals surface area (Å²) < 4.78 is 2.11. The number of nitrogens with zero attached hydrogens (tertiary/aromatic N) is 3. The average molecular weight is 379 g/mol. The number of amides is 1. The van der Waals surface area contributed by atoms with Crippen LogP contribution in [-0.4, -0.2) is 33.4 Å². The van der Waals surface area contributed by atoms with E-state index in [1.54, 1.807) is 0 Å². The van der Waals surface area contributed by atoms with Crippen molar-refractivity contribution in [1.29, 1.82) is 0 Å². The maximum atomic E-state index is 13.5. The van der Waals surface area contributed by atoms with Gasteiger partial charge in [-0.05, 0) is 50.1 Å². The molecular formula is C23H30N4O. The molecule has 2 aromatic carbocycles. The Labute approximate surface area is 167 Å². The molecule has 2 N–H and O–H groups in total. The molecule has 0 aliphatic heterocycles. The highest BCUT2D eigenvalue weighted by molar-refractivity contribution is 5.94. The van der Waals surface area contributed by atoms with Gasteiger partial charge in [0.05, 0.1) is 17.1 Å². The highest BCUT2D eigenvalue weighted by Gasteiger charge is 2.31. The second-order valence-electron chi connectivity index (χ2n) is 7.71. The summed E-state index contributed by atoms with van der Waals surface area (Å²) in [5.41, 5.74) is 9.65. The fourth-order valence-electron chi connectivity index (χ4n) is 3.72. The molecule has 0 unspecified atom stereocenters. The zero-order valence-corrected chi connectivity index (χ0v) is 17.2. The molecule has 0 radical (unpaired) electrons. The molecule has 1 heterocycles. The normalized spacial score (nSPS) is 12.5. The first-order valence-electron chi connectivity index (χ1n) is 9.93. The van der Waals surface area contributed by atoms with Crippen LogP contribution in [0.3, 0.4) is 0 Å². The van der Waals surface area contributed by atoms with E-state index >= 15 is 0 Å². The molecule has 0 saturated carbocycles. The van der Waals surface area contributed by atoms with Gasteiger partial charge >= 0.3 is 0 Å². The predicted molar refractivity (Wildman–Crippen MR) is 114 cm³/mol. The average Bonchev–Trinajstić information content (AvgIpc) is 3.01. The van der Waals surface area contributed by atoms with Crippen LogP contribution < -0.4 is 5.73 Å². The Morgan fingerprint density at radius 3 is 2.43 bits per heavy atom. The summed E-state index contributed by atoms with van der Waals surface area (Å²) in [5, 5.41) is 0. The largest absolute Gasteiger partial charge is 0.330 e. The number of benzene rings is 2. The summed E-state index contributed by atoms with van der Waals surface area (Å²) in [6.45, 7) is 7.46. The van der Waals surface area contributed by atoms with E-state index in [-0.39, 0.29) is 17.9 Å². The van der Waals surface area contributed by atoms with E-state index in [1.165, 1.54) is 0 Å². The van der Waals surface area contributed by atoms with Crippen molar-refractivity contribution in [3.63, 3.8) is 0 Å². The number of para-hydroxylation sites is 2. The number of aryl methyl sites for hydroxylation is 2. The molecule has 0 saturated heterocycles. The molecular weight excluding hydrogens is 348 g/mol. The van der Waals surface area contributed by atoms with Crippen molar-refractivity contribution in [2.75, 3.05) is 13.1 Å². The van der Waals surface area contributed by atoms with Crippen molar-refractivity contribution < 1.29 is 4.79 Å². The molecule has 5 nitrogen and oxygen atoms in total. The monoisotopic (exact) mass is 378 g/mol. The van der Waals surface area contributed by atoms with E-state index < -0.39 is 0 Å². The van der Waals surface area contributed by atoms with Gasteiger partial charge in [0.1, 0.15) is 5.82 Å². The molecule has 5 heteroatoms. The fraction of sp³-hybridized carbons (Fsp3) is 0.391. The topological polar surface area (TPSA) is 64.2 Å². The quantitative estimate of drug-likeness (QED) is 0.674. The Hall–Kier alpha value is -2.66. The Kier molecular flexibility index (Phi) is 6.15. The first-order valence-corrected chi connectivity index (χ1v) is 9.93. The van der Waals surface area contributed by atoms with Crippen LogP contribution in [0.15, 0.2) is 48.5 Å². The smallest absolute Gasteiger partial charge is 0.254 e. The summed E-state index contributed by atoms with van der Waals surface area (Å²) in [6, 6.07) is 15.7. The van der Waals surface area contributed by atoms with E-state index in [0.29, 0.717) is 18.7 Å². The van der Waals surface area contributed by atoms with Gasteiger partial charge in [0.2, 0.25) is 0 Å². The minimum Gasteiger partial charge on any atom is -0.330 e. The first kappa shape index (κ1) is 20.1. The number of fused-ring (bicyclic) bond motifs is 1. The lowest BCUT2D eigenvalue weighted by molar-refractivity contribution is 0.0606. The van der Waals surface area contributed by atoms with Crippen molar-refractivity contribution >= 4 is 16.9 Å². The van der Waals surface area contributed by atoms with Gasteiger partial charge in [0.25, 0.3) is 5.91 Å². The van der Waals surface area contributed by atoms with Gasteiger partial charge in [-0.15, -0.1) is 0 Å². The Bertz CT molecular complexity index is 943. The highest BCUT2D eigenvalue weighted by atomic mass is 16.2. The third kappa shape index (κ3) is 3.94. The lowest BCUT2D eigenvalue weighted by Crippen LogP contribution is -2.40. The van der Waals surface area contributed by atoms with Crippen molar-refractivity contribution in [2.45, 2.75) is 33.2 Å². The molecule has 1 atom stereocenters. The standard InChI is InChI=1S/C23H30N4O/c1-16(2)21(22-25-19-8-5-6-9-20(19)26(22)4)27(15-7-14-24)23(28)18-12-10-17(3)11-13-18/h5-6,8-13,16,21H,7,14-15,24H2,1-4H3/t21-/m1/s1. The van der Waals surface area contributed by atoms with Gasteiger partial charge in [-0.1, -0.05) is 43.7 Å². The van der Waals surface area contributed by atoms with Crippen molar-refractivity contribution in [1.82, 2.24) is 14.5 Å². The molecule has 0 bridgehead atoms. The first-order chi connectivity index (χ1) is 13.4. The number of hydrogen-bond donors (Lipinski definition) is 1. The SMILES string of the molecule is Cc1ccc(C(=O)N(CCCN)[C@@H](c2nc3ccccc3n2C)C(C)C)cc1. The molecule has 3 rings (SSSR count). The number of carbonyl (C=O) groups is 1. The third-order valence-electron chi connectivity index (χ3n) is 5.22. The number of aromatic nitrogens is 2. The zero-order valence-electron chi connectivity index (χ0n) is 17.2. The molecule has 1 aromatic heterocycles. The fourth-order valence-corrected chi connectivity index (χ4v) is 3.72. The van der Waals surface area contributed by atoms with Crippen LogP contribution in [0.25, 0.3) is 11.0 Å². The van der Waals surface area contributed by atoms with Crippen molar-refractivity contribution in [3.05, 3.63) is 65.5 Å². The number of carbonyl (C=O) groups excluding carboxylic acids is 1. The molecule has 1 amide bonds. The van der Waals surface area contributed by atoms with Crippen molar-refractivity contribution in [2.24, 2.45) is 18.7 Å². The summed E-state index contributed by atoms with van der Waals surface area (Å²) in [6.07, 6.45) is 0.755. The van der Waals surface area contributed by atoms with Crippen LogP contribution >= 0.6 is 0 Å². The van der Waals surface area contributed by atoms with E-state index in [1.807, 2.05) is 61.3 Å². The second-order valence-corrected chi connectivity index (χ2v) is 7.71. The molecule has 28 heavy (non-hydrogen) atoms. The van der Waals surface area contributed by atoms with Crippen LogP contribution in [0.2, 0.25) is 0 Å². The second kappa shape index (κ2) is 8.57. The van der Waals surface area contributed by atoms with Gasteiger partial charge < -0.3 is 15.2 Å². The predicted octanol–water partition coefficient (Wildman–Crippen LogP) is 4.07. The van der Waals surface area contributed by atoms with E-state index in [0.717, 1.165) is 28.8 Å². The number of hydrogen-bond acceptors (Lipinski definition) is 3. The maximum Gasteiger partial charge on any atom is 0.254 e. The minimum absolute atomic E-state index is 0.0270. The molecule has 0 fully saturated rings. The van der Waals surface area contributed by atoms with Crippen LogP contribution in [0, 0.1) is 12.8 Å². The van der Waals surface area contributed by atoms with Gasteiger partial charge in [-0.3, -0.25) is 4.79 Å². The summed E-state index contributed by atoms with van der Waals surface area (Å²) in [5.74, 6) is 1.15. The summed E-state index contributed by atoms with van der Waals surface area (Å²) in [4.78, 5) is 20.3. The number of nitrogens with two attached hydrogens (primary N) is 1. The van der Waals surface area contributed by atoms with Crippen LogP contribution in [0.5, 0.6) is 0 Å². The molecule has 0 spiro atoms. The van der Waals surface area contributed by atoms with Crippen LogP contribution in [0.4, 0.5) is 0 Å². The number of imidazole rings is 1. The number of rotatable bonds is 7. The van der Waals surface area contributed by atoms with E-state index in [4.69, 9.17) is 10.7 Å². The molecule has 0 aliphatic rings. The van der Waals surface area contributed by atoms with Gasteiger partial charge in [0.15, 0.2) is 0 Å². The molecule has 0 aliphatic carbocycles. The molecule has 3 aromatic rings. The van der Waals surface area contributed by atoms with Gasteiger partial charge in [-0.2, -0.15) is 0 Å². The Morgan fingerprint density at radius 2 is 1.82 bits per heavy atom. The van der Waals surface area contributed by atoms with Gasteiger partial charge in [-0.25, -0.2) is 4.98 Å². The van der Waals surface area contributed by atoms with Crippen molar-refractivity contribution in [3.8, 4) is 0 Å². The third-order valence-corrected chi connectivity index (χ3v) is 5.22. The maximum absolute atomic E-state index is 13.5. The highest BCUT2D eigenvalue weighted by Crippen LogP contribution is 2.31. The van der Waals surface area contributed by atoms with Crippen LogP contribution in [-0.2, 0) is 7.05 Å². The lowest BCUT2D eigenvalue weighted by Gasteiger charge is -2.34. The lowest BCUT2D eigenvalue weighted by atomic mass is 9.99. The summed E-state index contributed by atoms with van der Waals surface area (Å²) in [7, 11) is 2.03. The zero-order chi connectivity index (χ0) is 20.3.